The van der Waals surface area contributed by atoms with Crippen LogP contribution in [0.25, 0.3) is 0 Å². The number of carbonyl (C=O) groups excluding carboxylic acids is 3. The first-order valence-electron chi connectivity index (χ1n) is 17.6. The van der Waals surface area contributed by atoms with E-state index in [0.29, 0.717) is 33.6 Å². The van der Waals surface area contributed by atoms with Crippen molar-refractivity contribution in [2.24, 2.45) is 22.7 Å². The predicted octanol–water partition coefficient (Wildman–Crippen LogP) is 8.22. The van der Waals surface area contributed by atoms with Crippen molar-refractivity contribution in [3.8, 4) is 0 Å². The molecule has 1 aromatic rings. The molecule has 5 rings (SSSR count). The summed E-state index contributed by atoms with van der Waals surface area (Å²) in [6, 6.07) is 9.13. The van der Waals surface area contributed by atoms with E-state index in [0.717, 1.165) is 70.2 Å². The summed E-state index contributed by atoms with van der Waals surface area (Å²) >= 11 is 3.19. The fourth-order valence-electron chi connectivity index (χ4n) is 8.62. The maximum atomic E-state index is 14.0. The Labute approximate surface area is 304 Å². The van der Waals surface area contributed by atoms with Gasteiger partial charge < -0.3 is 15.5 Å². The number of amides is 2. The highest BCUT2D eigenvalue weighted by Gasteiger charge is 2.61. The van der Waals surface area contributed by atoms with Crippen LogP contribution < -0.4 is 10.6 Å². The van der Waals surface area contributed by atoms with Gasteiger partial charge in [0.25, 0.3) is 3.91 Å². The molecule has 1 fully saturated rings. The Morgan fingerprint density at radius 1 is 1.08 bits per heavy atom. The van der Waals surface area contributed by atoms with Crippen molar-refractivity contribution in [1.82, 2.24) is 15.5 Å². The summed E-state index contributed by atoms with van der Waals surface area (Å²) in [7, 11) is 0. The lowest BCUT2D eigenvalue weighted by molar-refractivity contribution is -0.145. The van der Waals surface area contributed by atoms with E-state index in [1.807, 2.05) is 24.3 Å². The third kappa shape index (κ3) is 8.80. The molecule has 1 aliphatic heterocycles. The number of halogens is 4. The molecule has 4 unspecified atom stereocenters. The lowest BCUT2D eigenvalue weighted by atomic mass is 9.58. The number of allylic oxidation sites excluding steroid dienone is 5. The van der Waals surface area contributed by atoms with Crippen LogP contribution in [-0.4, -0.2) is 68.2 Å². The van der Waals surface area contributed by atoms with Crippen LogP contribution in [0.1, 0.15) is 82.0 Å². The SMILES string of the molecule is CC1C=CC2C(C)(C1)C1=C(C=CCC1)C2(CCCCN1CCC(NC(=O)I=C(CCS)C(=O)c2ccccc2)CC1)C(=O)NCC(F)(F)F. The fourth-order valence-corrected chi connectivity index (χ4v) is 11.6. The first-order chi connectivity index (χ1) is 23.4. The average molecular weight is 812 g/mol. The predicted molar refractivity (Wildman–Crippen MR) is 202 cm³/mol. The molecule has 0 saturated carbocycles. The Kier molecular flexibility index (Phi) is 12.7. The number of ketones is 1. The monoisotopic (exact) mass is 811 g/mol. The topological polar surface area (TPSA) is 78.5 Å². The number of thiol groups is 1. The Hall–Kier alpha value is -2.25. The molecule has 1 saturated heterocycles. The zero-order valence-corrected chi connectivity index (χ0v) is 31.5. The number of alkyl halides is 3. The Balaban J connectivity index is 1.18. The zero-order chi connectivity index (χ0) is 35.2. The summed E-state index contributed by atoms with van der Waals surface area (Å²) in [6.45, 7) is 5.55. The van der Waals surface area contributed by atoms with Gasteiger partial charge in [0.2, 0.25) is 5.91 Å². The highest BCUT2D eigenvalue weighted by Crippen LogP contribution is 2.66. The second kappa shape index (κ2) is 16.4. The van der Waals surface area contributed by atoms with E-state index in [1.54, 1.807) is 12.1 Å². The minimum Gasteiger partial charge on any atom is -0.346 e. The van der Waals surface area contributed by atoms with Crippen LogP contribution in [0.4, 0.5) is 18.0 Å². The second-order valence-electron chi connectivity index (χ2n) is 14.2. The van der Waals surface area contributed by atoms with Gasteiger partial charge in [0, 0.05) is 34.1 Å². The number of likely N-dealkylation sites (tertiary alicyclic amines) is 1. The maximum absolute atomic E-state index is 14.0. The molecule has 4 atom stereocenters. The molecule has 6 nitrogen and oxygen atoms in total. The number of fused-ring (bicyclic) bond motifs is 2. The molecule has 2 N–H and O–H groups in total. The Morgan fingerprint density at radius 2 is 1.82 bits per heavy atom. The molecule has 4 aliphatic rings. The number of piperidine rings is 1. The van der Waals surface area contributed by atoms with Gasteiger partial charge >= 0.3 is 6.18 Å². The van der Waals surface area contributed by atoms with Gasteiger partial charge in [-0.2, -0.15) is 25.8 Å². The number of hydrogen-bond acceptors (Lipinski definition) is 5. The fraction of sp³-hybridized carbons (Fsp3) is 0.579. The lowest BCUT2D eigenvalue weighted by Crippen LogP contribution is -2.50. The highest BCUT2D eigenvalue weighted by atomic mass is 127. The number of benzene rings is 1. The molecular weight excluding hydrogens is 762 g/mol. The van der Waals surface area contributed by atoms with Gasteiger partial charge in [-0.3, -0.25) is 14.4 Å². The third-order valence-electron chi connectivity index (χ3n) is 10.8. The number of unbranched alkanes of at least 4 members (excludes halogenated alkanes) is 1. The molecule has 0 aromatic heterocycles. The average Bonchev–Trinajstić information content (AvgIpc) is 3.30. The summed E-state index contributed by atoms with van der Waals surface area (Å²) in [4.78, 5) is 42.4. The van der Waals surface area contributed by atoms with Gasteiger partial charge in [0.15, 0.2) is 5.78 Å². The molecule has 0 bridgehead atoms. The summed E-state index contributed by atoms with van der Waals surface area (Å²) < 4.78 is 40.6. The molecular formula is C38H49F3IN3O3S. The minimum absolute atomic E-state index is 0.0347. The first-order valence-corrected chi connectivity index (χ1v) is 20.3. The summed E-state index contributed by atoms with van der Waals surface area (Å²) in [6.07, 6.45) is 10.7. The number of hydrogen-bond donors (Lipinski definition) is 3. The quantitative estimate of drug-likeness (QED) is 0.0357. The van der Waals surface area contributed by atoms with Crippen LogP contribution in [0.5, 0.6) is 0 Å². The van der Waals surface area contributed by atoms with E-state index in [9.17, 15) is 27.6 Å². The van der Waals surface area contributed by atoms with Gasteiger partial charge in [0.05, 0.1) is 5.41 Å². The van der Waals surface area contributed by atoms with Crippen molar-refractivity contribution in [3.05, 3.63) is 71.3 Å². The number of nitrogens with zero attached hydrogens (tertiary/aromatic N) is 1. The van der Waals surface area contributed by atoms with E-state index in [2.05, 4.69) is 60.2 Å². The maximum Gasteiger partial charge on any atom is 0.405 e. The smallest absolute Gasteiger partial charge is 0.346 e. The zero-order valence-electron chi connectivity index (χ0n) is 28.5. The van der Waals surface area contributed by atoms with Crippen molar-refractivity contribution in [1.29, 1.82) is 0 Å². The molecule has 2 amide bonds. The van der Waals surface area contributed by atoms with E-state index < -0.39 is 44.8 Å². The van der Waals surface area contributed by atoms with E-state index in [4.69, 9.17) is 0 Å². The number of nitrogens with one attached hydrogen (secondary N) is 2. The van der Waals surface area contributed by atoms with Crippen LogP contribution in [0, 0.1) is 22.7 Å². The van der Waals surface area contributed by atoms with Gasteiger partial charge in [-0.05, 0) is 101 Å². The normalized spacial score (nSPS) is 27.7. The molecule has 0 radical (unpaired) electrons. The first kappa shape index (κ1) is 38.0. The van der Waals surface area contributed by atoms with Crippen LogP contribution in [0.3, 0.4) is 0 Å². The summed E-state index contributed by atoms with van der Waals surface area (Å²) in [5, 5.41) is 5.49. The molecule has 49 heavy (non-hydrogen) atoms. The van der Waals surface area contributed by atoms with Crippen LogP contribution >= 0.6 is 33.4 Å². The number of rotatable bonds is 13. The number of Topliss-reactive ketones (excluding diaryl/α,β-unsaturated/α-hetero) is 1. The van der Waals surface area contributed by atoms with E-state index in [1.165, 1.54) is 5.57 Å². The standard InChI is InChI=1S/C38H49F3IN3O3S/c1-26-14-15-32-36(2,24-26)29-12-6-7-13-30(29)37(32,34(47)43-25-38(39,40)41)19-8-9-20-45-21-16-28(17-22-45)44-35(48)42-31(18-23-49)33(46)27-10-4-3-5-11-27/h3-5,7,10-11,13-15,26,28,32,49H,6,8-9,12,16-25H2,1-2H3,(H,43,47)(H,44,48). The van der Waals surface area contributed by atoms with Crippen LogP contribution in [-0.2, 0) is 4.79 Å². The van der Waals surface area contributed by atoms with Gasteiger partial charge in [0.1, 0.15) is 6.54 Å². The van der Waals surface area contributed by atoms with Crippen molar-refractivity contribution in [2.75, 3.05) is 31.9 Å². The van der Waals surface area contributed by atoms with Crippen LogP contribution in [0.2, 0.25) is 0 Å². The molecule has 268 valence electrons. The van der Waals surface area contributed by atoms with Gasteiger partial charge in [-0.15, -0.1) is 0 Å². The van der Waals surface area contributed by atoms with Crippen molar-refractivity contribution >= 4 is 52.5 Å². The van der Waals surface area contributed by atoms with Gasteiger partial charge in [-0.25, -0.2) is 0 Å². The largest absolute Gasteiger partial charge is 0.405 e. The van der Waals surface area contributed by atoms with Crippen molar-refractivity contribution in [3.63, 3.8) is 0 Å². The Bertz CT molecular complexity index is 1500. The molecule has 1 heterocycles. The van der Waals surface area contributed by atoms with Crippen LogP contribution in [0.15, 0.2) is 65.8 Å². The molecule has 0 spiro atoms. The molecule has 3 aliphatic carbocycles. The lowest BCUT2D eigenvalue weighted by Gasteiger charge is -2.45. The van der Waals surface area contributed by atoms with E-state index in [-0.39, 0.29) is 27.1 Å². The van der Waals surface area contributed by atoms with Crippen molar-refractivity contribution in [2.45, 2.75) is 83.9 Å². The number of carbonyl (C=O) groups is 3. The van der Waals surface area contributed by atoms with Gasteiger partial charge in [-0.1, -0.05) is 80.5 Å². The van der Waals surface area contributed by atoms with Crippen molar-refractivity contribution < 1.29 is 27.6 Å². The Morgan fingerprint density at radius 3 is 2.51 bits per heavy atom. The second-order valence-corrected chi connectivity index (χ2v) is 17.5. The van der Waals surface area contributed by atoms with E-state index >= 15 is 0 Å². The third-order valence-corrected chi connectivity index (χ3v) is 13.5. The molecule has 11 heteroatoms. The summed E-state index contributed by atoms with van der Waals surface area (Å²) in [5.74, 6) is 0.124. The molecule has 1 aromatic carbocycles. The summed E-state index contributed by atoms with van der Waals surface area (Å²) in [5.41, 5.74) is 1.54. The highest BCUT2D eigenvalue weighted by molar-refractivity contribution is 14.2. The minimum atomic E-state index is -4.48.